The number of carbonyl (C=O) groups is 4. The molecule has 1 saturated heterocycles. The van der Waals surface area contributed by atoms with Gasteiger partial charge in [0.1, 0.15) is 29.9 Å². The number of carbonyl (C=O) groups excluding carboxylic acids is 4. The molecule has 3 atom stereocenters. The Morgan fingerprint density at radius 3 is 2.74 bits per heavy atom. The molecule has 3 rings (SSSR count). The quantitative estimate of drug-likeness (QED) is 0.158. The molecule has 2 aliphatic rings. The number of hydrogen-bond acceptors (Lipinski definition) is 12. The lowest BCUT2D eigenvalue weighted by molar-refractivity contribution is -0.182. The number of β-lactam (4-membered cyclic amide) rings is 1. The van der Waals surface area contributed by atoms with Crippen LogP contribution in [0.3, 0.4) is 0 Å². The maximum absolute atomic E-state index is 13.1. The van der Waals surface area contributed by atoms with E-state index in [4.69, 9.17) is 20.0 Å². The molecule has 12 nitrogen and oxygen atoms in total. The lowest BCUT2D eigenvalue weighted by Crippen LogP contribution is -2.71. The number of nitrogens with two attached hydrogens (primary N) is 1. The number of ether oxygens (including phenoxy) is 2. The summed E-state index contributed by atoms with van der Waals surface area (Å²) < 4.78 is 10.1. The Balaban J connectivity index is 1.81. The van der Waals surface area contributed by atoms with E-state index in [1.165, 1.54) is 37.6 Å². The molecule has 35 heavy (non-hydrogen) atoms. The monoisotopic (exact) mass is 523 g/mol. The van der Waals surface area contributed by atoms with Gasteiger partial charge in [-0.25, -0.2) is 9.78 Å². The molecule has 0 spiro atoms. The number of aromatic nitrogens is 1. The van der Waals surface area contributed by atoms with Gasteiger partial charge in [-0.1, -0.05) is 24.2 Å². The summed E-state index contributed by atoms with van der Waals surface area (Å²) >= 11 is 2.51. The first kappa shape index (κ1) is 26.2. The van der Waals surface area contributed by atoms with E-state index >= 15 is 0 Å². The van der Waals surface area contributed by atoms with E-state index in [2.05, 4.69) is 15.5 Å². The second-order valence-electron chi connectivity index (χ2n) is 7.32. The van der Waals surface area contributed by atoms with Crippen molar-refractivity contribution in [3.8, 4) is 0 Å². The van der Waals surface area contributed by atoms with Crippen molar-refractivity contribution in [2.24, 2.45) is 5.16 Å². The van der Waals surface area contributed by atoms with Gasteiger partial charge in [0.15, 0.2) is 10.8 Å². The van der Waals surface area contributed by atoms with Crippen molar-refractivity contribution >= 4 is 57.7 Å². The van der Waals surface area contributed by atoms with Crippen LogP contribution >= 0.6 is 23.1 Å². The number of nitrogens with zero attached hydrogens (tertiary/aromatic N) is 3. The molecule has 2 aliphatic heterocycles. The van der Waals surface area contributed by atoms with Crippen LogP contribution in [0.1, 0.15) is 32.9 Å². The first-order valence-corrected chi connectivity index (χ1v) is 12.5. The minimum absolute atomic E-state index is 0.0472. The van der Waals surface area contributed by atoms with E-state index < -0.39 is 41.5 Å². The van der Waals surface area contributed by atoms with E-state index in [1.807, 2.05) is 13.0 Å². The molecule has 0 bridgehead atoms. The highest BCUT2D eigenvalue weighted by Crippen LogP contribution is 2.41. The van der Waals surface area contributed by atoms with E-state index in [1.54, 1.807) is 11.5 Å². The van der Waals surface area contributed by atoms with Gasteiger partial charge in [0.2, 0.25) is 6.29 Å². The molecular weight excluding hydrogens is 498 g/mol. The fourth-order valence-corrected chi connectivity index (χ4v) is 5.25. The summed E-state index contributed by atoms with van der Waals surface area (Å²) in [5, 5.41) is 7.60. The third-order valence-corrected chi connectivity index (χ3v) is 6.78. The fourth-order valence-electron chi connectivity index (χ4n) is 3.39. The Bertz CT molecular complexity index is 1110. The summed E-state index contributed by atoms with van der Waals surface area (Å²) in [4.78, 5) is 60.2. The molecule has 2 amide bonds. The minimum Gasteiger partial charge on any atom is -0.426 e. The molecule has 14 heteroatoms. The number of hydrogen-bond donors (Lipinski definition) is 2. The number of rotatable bonds is 9. The Kier molecular flexibility index (Phi) is 8.51. The average Bonchev–Trinajstić information content (AvgIpc) is 3.23. The molecule has 3 unspecified atom stereocenters. The SMILES string of the molecule is CC/C=C/C1=C(C(=O)OC(C)OC(C)=O)N2C(=O)C(NC(=O)/C(=N\OC)c3csc(N)n3)C2SC1. The summed E-state index contributed by atoms with van der Waals surface area (Å²) in [6.45, 7) is 4.53. The third-order valence-electron chi connectivity index (χ3n) is 4.80. The molecule has 0 radical (unpaired) electrons. The van der Waals surface area contributed by atoms with Gasteiger partial charge in [-0.15, -0.1) is 23.1 Å². The zero-order chi connectivity index (χ0) is 25.7. The summed E-state index contributed by atoms with van der Waals surface area (Å²) in [5.41, 5.74) is 6.36. The summed E-state index contributed by atoms with van der Waals surface area (Å²) in [6, 6.07) is -0.920. The van der Waals surface area contributed by atoms with Gasteiger partial charge in [-0.2, -0.15) is 0 Å². The van der Waals surface area contributed by atoms with Crippen LogP contribution in [-0.2, 0) is 33.5 Å². The van der Waals surface area contributed by atoms with E-state index in [9.17, 15) is 19.2 Å². The maximum Gasteiger partial charge on any atom is 0.358 e. The smallest absolute Gasteiger partial charge is 0.358 e. The number of oxime groups is 1. The first-order chi connectivity index (χ1) is 16.7. The predicted octanol–water partition coefficient (Wildman–Crippen LogP) is 1.15. The van der Waals surface area contributed by atoms with Crippen molar-refractivity contribution in [1.29, 1.82) is 0 Å². The lowest BCUT2D eigenvalue weighted by Gasteiger charge is -2.49. The largest absolute Gasteiger partial charge is 0.426 e. The zero-order valence-corrected chi connectivity index (χ0v) is 21.1. The number of thiazole rings is 1. The number of amides is 2. The number of nitrogens with one attached hydrogen (secondary N) is 1. The topological polar surface area (TPSA) is 163 Å². The minimum atomic E-state index is -1.14. The zero-order valence-electron chi connectivity index (χ0n) is 19.5. The van der Waals surface area contributed by atoms with Crippen LogP contribution in [0, 0.1) is 0 Å². The van der Waals surface area contributed by atoms with E-state index in [0.29, 0.717) is 11.3 Å². The summed E-state index contributed by atoms with van der Waals surface area (Å²) in [7, 11) is 1.28. The van der Waals surface area contributed by atoms with Crippen LogP contribution in [0.25, 0.3) is 0 Å². The van der Waals surface area contributed by atoms with Crippen molar-refractivity contribution in [3.63, 3.8) is 0 Å². The van der Waals surface area contributed by atoms with E-state index in [0.717, 1.165) is 17.8 Å². The fraction of sp³-hybridized carbons (Fsp3) is 0.429. The molecule has 3 heterocycles. The molecule has 0 aromatic carbocycles. The predicted molar refractivity (Wildman–Crippen MR) is 129 cm³/mol. The highest BCUT2D eigenvalue weighted by atomic mass is 32.2. The number of thioether (sulfide) groups is 1. The van der Waals surface area contributed by atoms with E-state index in [-0.39, 0.29) is 22.2 Å². The number of nitrogen functional groups attached to an aromatic ring is 1. The van der Waals surface area contributed by atoms with Crippen molar-refractivity contribution in [3.05, 3.63) is 34.5 Å². The van der Waals surface area contributed by atoms with Crippen molar-refractivity contribution < 1.29 is 33.5 Å². The molecule has 188 valence electrons. The van der Waals surface area contributed by atoms with Crippen LogP contribution in [0.4, 0.5) is 5.13 Å². The highest BCUT2D eigenvalue weighted by Gasteiger charge is 2.54. The molecule has 1 aromatic rings. The van der Waals surface area contributed by atoms with Gasteiger partial charge in [-0.05, 0) is 12.0 Å². The number of fused-ring (bicyclic) bond motifs is 1. The van der Waals surface area contributed by atoms with Crippen LogP contribution < -0.4 is 11.1 Å². The Hall–Kier alpha value is -3.39. The maximum atomic E-state index is 13.1. The second-order valence-corrected chi connectivity index (χ2v) is 9.32. The van der Waals surface area contributed by atoms with Gasteiger partial charge >= 0.3 is 11.9 Å². The second kappa shape index (κ2) is 11.4. The van der Waals surface area contributed by atoms with Gasteiger partial charge in [0, 0.05) is 25.0 Å². The van der Waals surface area contributed by atoms with Gasteiger partial charge in [0.05, 0.1) is 0 Å². The molecular formula is C21H25N5O7S2. The Morgan fingerprint density at radius 2 is 2.14 bits per heavy atom. The summed E-state index contributed by atoms with van der Waals surface area (Å²) in [5.74, 6) is -2.20. The van der Waals surface area contributed by atoms with Crippen LogP contribution in [0.15, 0.2) is 34.0 Å². The molecule has 3 N–H and O–H groups in total. The molecule has 1 aromatic heterocycles. The third kappa shape index (κ3) is 5.82. The van der Waals surface area contributed by atoms with Gasteiger partial charge < -0.3 is 25.4 Å². The Labute approximate surface area is 209 Å². The molecule has 0 aliphatic carbocycles. The Morgan fingerprint density at radius 1 is 1.40 bits per heavy atom. The normalized spacial score (nSPS) is 20.7. The van der Waals surface area contributed by atoms with Gasteiger partial charge in [-0.3, -0.25) is 19.3 Å². The standard InChI is InChI=1S/C21H25N5O7S2/c1-5-6-7-12-8-34-19-15(24-17(28)14(25-31-4)13-9-35-21(22)23-13)18(29)26(19)16(12)20(30)33-11(3)32-10(2)27/h6-7,9,11,15,19H,5,8H2,1-4H3,(H2,22,23)(H,24,28)/b7-6+,25-14-. The van der Waals surface area contributed by atoms with Crippen LogP contribution in [-0.4, -0.2) is 69.9 Å². The summed E-state index contributed by atoms with van der Waals surface area (Å²) in [6.07, 6.45) is 3.20. The number of anilines is 1. The lowest BCUT2D eigenvalue weighted by atomic mass is 10.0. The number of allylic oxidation sites excluding steroid dienone is 2. The molecule has 0 saturated carbocycles. The first-order valence-electron chi connectivity index (χ1n) is 10.5. The number of esters is 2. The average molecular weight is 524 g/mol. The van der Waals surface area contributed by atoms with Crippen LogP contribution in [0.2, 0.25) is 0 Å². The van der Waals surface area contributed by atoms with Crippen molar-refractivity contribution in [2.45, 2.75) is 44.9 Å². The molecule has 1 fully saturated rings. The van der Waals surface area contributed by atoms with Crippen molar-refractivity contribution in [1.82, 2.24) is 15.2 Å². The van der Waals surface area contributed by atoms with Crippen LogP contribution in [0.5, 0.6) is 0 Å². The highest BCUT2D eigenvalue weighted by molar-refractivity contribution is 8.00. The van der Waals surface area contributed by atoms with Crippen molar-refractivity contribution in [2.75, 3.05) is 18.6 Å². The van der Waals surface area contributed by atoms with Gasteiger partial charge in [0.25, 0.3) is 11.8 Å².